The first kappa shape index (κ1) is 11.8. The van der Waals surface area contributed by atoms with Gasteiger partial charge in [0.15, 0.2) is 0 Å². The number of fused-ring (bicyclic) bond motifs is 1. The van der Waals surface area contributed by atoms with E-state index in [1.807, 2.05) is 24.3 Å². The highest BCUT2D eigenvalue weighted by Crippen LogP contribution is 2.36. The lowest BCUT2D eigenvalue weighted by atomic mass is 9.95. The maximum absolute atomic E-state index is 13.0. The summed E-state index contributed by atoms with van der Waals surface area (Å²) in [6.45, 7) is 0.520. The Kier molecular flexibility index (Phi) is 2.95. The highest BCUT2D eigenvalue weighted by atomic mass is 19.1. The van der Waals surface area contributed by atoms with E-state index in [1.165, 1.54) is 12.1 Å². The minimum Gasteiger partial charge on any atom is -0.497 e. The molecule has 2 nitrogen and oxygen atoms in total. The average molecular weight is 256 g/mol. The normalized spacial score (nSPS) is 13.3. The van der Waals surface area contributed by atoms with Gasteiger partial charge in [-0.05, 0) is 47.5 Å². The molecule has 2 aromatic rings. The van der Waals surface area contributed by atoms with Gasteiger partial charge in [-0.2, -0.15) is 0 Å². The zero-order chi connectivity index (χ0) is 13.2. The van der Waals surface area contributed by atoms with Crippen molar-refractivity contribution in [3.05, 3.63) is 65.5 Å². The summed E-state index contributed by atoms with van der Waals surface area (Å²) < 4.78 is 23.8. The average Bonchev–Trinajstić information content (AvgIpc) is 2.47. The smallest absolute Gasteiger partial charge is 0.127 e. The first-order valence-corrected chi connectivity index (χ1v) is 6.05. The van der Waals surface area contributed by atoms with Crippen molar-refractivity contribution in [2.45, 2.75) is 0 Å². The fourth-order valence-corrected chi connectivity index (χ4v) is 2.20. The van der Waals surface area contributed by atoms with E-state index < -0.39 is 0 Å². The Morgan fingerprint density at radius 1 is 1.11 bits per heavy atom. The van der Waals surface area contributed by atoms with Crippen molar-refractivity contribution in [2.75, 3.05) is 13.7 Å². The molecule has 0 atom stereocenters. The summed E-state index contributed by atoms with van der Waals surface area (Å²) in [5, 5.41) is 0. The third kappa shape index (κ3) is 2.19. The third-order valence-corrected chi connectivity index (χ3v) is 3.16. The maximum atomic E-state index is 13.0. The molecule has 1 heterocycles. The molecular weight excluding hydrogens is 243 g/mol. The molecule has 0 bridgehead atoms. The van der Waals surface area contributed by atoms with E-state index in [1.54, 1.807) is 19.2 Å². The van der Waals surface area contributed by atoms with E-state index in [-0.39, 0.29) is 5.82 Å². The molecule has 0 aliphatic carbocycles. The van der Waals surface area contributed by atoms with E-state index >= 15 is 0 Å². The maximum Gasteiger partial charge on any atom is 0.127 e. The topological polar surface area (TPSA) is 18.5 Å². The predicted molar refractivity (Wildman–Crippen MR) is 72.0 cm³/mol. The molecule has 0 unspecified atom stereocenters. The molecule has 3 rings (SSSR count). The van der Waals surface area contributed by atoms with E-state index in [4.69, 9.17) is 9.47 Å². The number of methoxy groups -OCH3 is 1. The van der Waals surface area contributed by atoms with Crippen LogP contribution in [0, 0.1) is 5.82 Å². The Hall–Kier alpha value is -2.29. The molecule has 0 fully saturated rings. The quantitative estimate of drug-likeness (QED) is 0.816. The number of halogens is 1. The molecule has 2 aromatic carbocycles. The van der Waals surface area contributed by atoms with Crippen LogP contribution in [0.5, 0.6) is 11.5 Å². The van der Waals surface area contributed by atoms with Crippen LogP contribution in [0.2, 0.25) is 0 Å². The Morgan fingerprint density at radius 2 is 1.89 bits per heavy atom. The first-order valence-electron chi connectivity index (χ1n) is 6.05. The minimum atomic E-state index is -0.234. The summed E-state index contributed by atoms with van der Waals surface area (Å²) >= 11 is 0. The van der Waals surface area contributed by atoms with Crippen LogP contribution < -0.4 is 9.47 Å². The van der Waals surface area contributed by atoms with Crippen LogP contribution in [0.1, 0.15) is 11.1 Å². The van der Waals surface area contributed by atoms with E-state index in [2.05, 4.69) is 0 Å². The minimum absolute atomic E-state index is 0.234. The molecule has 0 radical (unpaired) electrons. The van der Waals surface area contributed by atoms with Crippen molar-refractivity contribution in [3.8, 4) is 11.5 Å². The zero-order valence-electron chi connectivity index (χ0n) is 10.5. The van der Waals surface area contributed by atoms with Gasteiger partial charge < -0.3 is 9.47 Å². The molecular formula is C16H13FO2. The van der Waals surface area contributed by atoms with Gasteiger partial charge in [-0.25, -0.2) is 4.39 Å². The summed E-state index contributed by atoms with van der Waals surface area (Å²) in [4.78, 5) is 0. The Morgan fingerprint density at radius 3 is 2.63 bits per heavy atom. The van der Waals surface area contributed by atoms with E-state index in [0.717, 1.165) is 28.2 Å². The number of ether oxygens (including phenoxy) is 2. The van der Waals surface area contributed by atoms with Crippen LogP contribution in [0.25, 0.3) is 5.57 Å². The van der Waals surface area contributed by atoms with Gasteiger partial charge in [0.05, 0.1) is 7.11 Å². The van der Waals surface area contributed by atoms with E-state index in [9.17, 15) is 4.39 Å². The van der Waals surface area contributed by atoms with Crippen molar-refractivity contribution in [1.29, 1.82) is 0 Å². The highest BCUT2D eigenvalue weighted by Gasteiger charge is 2.16. The SMILES string of the molecule is COc1ccc2c(c1)C(c1ccc(F)cc1)=CCO2. The van der Waals surface area contributed by atoms with Gasteiger partial charge in [-0.1, -0.05) is 12.1 Å². The predicted octanol–water partition coefficient (Wildman–Crippen LogP) is 3.66. The number of hydrogen-bond donors (Lipinski definition) is 0. The van der Waals surface area contributed by atoms with Gasteiger partial charge in [-0.3, -0.25) is 0 Å². The van der Waals surface area contributed by atoms with Crippen molar-refractivity contribution < 1.29 is 13.9 Å². The van der Waals surface area contributed by atoms with Crippen molar-refractivity contribution >= 4 is 5.57 Å². The van der Waals surface area contributed by atoms with Crippen molar-refractivity contribution in [3.63, 3.8) is 0 Å². The largest absolute Gasteiger partial charge is 0.497 e. The van der Waals surface area contributed by atoms with Crippen molar-refractivity contribution in [2.24, 2.45) is 0 Å². The van der Waals surface area contributed by atoms with Gasteiger partial charge in [0.2, 0.25) is 0 Å². The Balaban J connectivity index is 2.09. The number of benzene rings is 2. The lowest BCUT2D eigenvalue weighted by Gasteiger charge is -2.19. The van der Waals surface area contributed by atoms with Gasteiger partial charge >= 0.3 is 0 Å². The number of rotatable bonds is 2. The van der Waals surface area contributed by atoms with Crippen LogP contribution >= 0.6 is 0 Å². The van der Waals surface area contributed by atoms with Gasteiger partial charge in [0, 0.05) is 5.56 Å². The highest BCUT2D eigenvalue weighted by molar-refractivity contribution is 5.84. The lowest BCUT2D eigenvalue weighted by Crippen LogP contribution is -2.05. The molecule has 1 aliphatic rings. The molecule has 0 amide bonds. The van der Waals surface area contributed by atoms with Crippen LogP contribution in [0.3, 0.4) is 0 Å². The monoisotopic (exact) mass is 256 g/mol. The molecule has 96 valence electrons. The summed E-state index contributed by atoms with van der Waals surface area (Å²) in [6.07, 6.45) is 2.00. The van der Waals surface area contributed by atoms with Crippen LogP contribution in [0.4, 0.5) is 4.39 Å². The van der Waals surface area contributed by atoms with Gasteiger partial charge in [-0.15, -0.1) is 0 Å². The van der Waals surface area contributed by atoms with Crippen LogP contribution in [-0.2, 0) is 0 Å². The summed E-state index contributed by atoms with van der Waals surface area (Å²) in [6, 6.07) is 12.2. The second-order valence-electron chi connectivity index (χ2n) is 4.30. The summed E-state index contributed by atoms with van der Waals surface area (Å²) in [5.41, 5.74) is 2.98. The Bertz CT molecular complexity index is 630. The molecule has 0 saturated carbocycles. The van der Waals surface area contributed by atoms with Crippen LogP contribution in [-0.4, -0.2) is 13.7 Å². The third-order valence-electron chi connectivity index (χ3n) is 3.16. The molecule has 19 heavy (non-hydrogen) atoms. The Labute approximate surface area is 111 Å². The summed E-state index contributed by atoms with van der Waals surface area (Å²) in [7, 11) is 1.63. The van der Waals surface area contributed by atoms with Gasteiger partial charge in [0.1, 0.15) is 23.9 Å². The summed E-state index contributed by atoms with van der Waals surface area (Å²) in [5.74, 6) is 1.36. The van der Waals surface area contributed by atoms with Crippen LogP contribution in [0.15, 0.2) is 48.5 Å². The molecule has 0 spiro atoms. The van der Waals surface area contributed by atoms with E-state index in [0.29, 0.717) is 6.61 Å². The fourth-order valence-electron chi connectivity index (χ4n) is 2.20. The molecule has 0 aromatic heterocycles. The second-order valence-corrected chi connectivity index (χ2v) is 4.30. The van der Waals surface area contributed by atoms with Crippen molar-refractivity contribution in [1.82, 2.24) is 0 Å². The van der Waals surface area contributed by atoms with Gasteiger partial charge in [0.25, 0.3) is 0 Å². The number of hydrogen-bond acceptors (Lipinski definition) is 2. The first-order chi connectivity index (χ1) is 9.28. The fraction of sp³-hybridized carbons (Fsp3) is 0.125. The molecule has 1 aliphatic heterocycles. The standard InChI is InChI=1S/C16H13FO2/c1-18-13-6-7-16-15(10-13)14(8-9-19-16)11-2-4-12(17)5-3-11/h2-8,10H,9H2,1H3. The second kappa shape index (κ2) is 4.76. The molecule has 3 heteroatoms. The lowest BCUT2D eigenvalue weighted by molar-refractivity contribution is 0.355. The zero-order valence-corrected chi connectivity index (χ0v) is 10.5. The molecule has 0 N–H and O–H groups in total. The molecule has 0 saturated heterocycles.